The number of carboxylic acid groups (broad SMARTS) is 1. The summed E-state index contributed by atoms with van der Waals surface area (Å²) in [6.45, 7) is 1.97. The summed E-state index contributed by atoms with van der Waals surface area (Å²) >= 11 is 0. The first-order chi connectivity index (χ1) is 8.18. The van der Waals surface area contributed by atoms with E-state index in [0.717, 1.165) is 5.69 Å². The van der Waals surface area contributed by atoms with Gasteiger partial charge in [0.15, 0.2) is 0 Å². The molecule has 5 nitrogen and oxygen atoms in total. The highest BCUT2D eigenvalue weighted by Crippen LogP contribution is 2.18. The number of carboxylic acids is 1. The molecule has 17 heavy (non-hydrogen) atoms. The van der Waals surface area contributed by atoms with Crippen molar-refractivity contribution in [3.05, 3.63) is 47.7 Å². The van der Waals surface area contributed by atoms with Crippen LogP contribution in [-0.4, -0.2) is 16.1 Å². The van der Waals surface area contributed by atoms with Gasteiger partial charge in [0.25, 0.3) is 0 Å². The number of aromatic nitrogens is 1. The van der Waals surface area contributed by atoms with Crippen LogP contribution in [0.1, 0.15) is 21.8 Å². The van der Waals surface area contributed by atoms with Crippen LogP contribution < -0.4 is 4.74 Å². The monoisotopic (exact) mass is 233 g/mol. The maximum Gasteiger partial charge on any atom is 0.372 e. The fourth-order valence-corrected chi connectivity index (χ4v) is 1.41. The summed E-state index contributed by atoms with van der Waals surface area (Å²) < 4.78 is 10.3. The van der Waals surface area contributed by atoms with Gasteiger partial charge in [-0.2, -0.15) is 0 Å². The van der Waals surface area contributed by atoms with Gasteiger partial charge in [-0.3, -0.25) is 4.98 Å². The summed E-state index contributed by atoms with van der Waals surface area (Å²) in [6.07, 6.45) is 3.00. The summed E-state index contributed by atoms with van der Waals surface area (Å²) in [5.74, 6) is -0.562. The third-order valence-corrected chi connectivity index (χ3v) is 2.28. The molecule has 0 saturated carbocycles. The predicted molar refractivity (Wildman–Crippen MR) is 59.0 cm³/mol. The lowest BCUT2D eigenvalue weighted by Crippen LogP contribution is -2.03. The zero-order valence-electron chi connectivity index (χ0n) is 9.21. The van der Waals surface area contributed by atoms with E-state index in [1.165, 1.54) is 6.26 Å². The first-order valence-corrected chi connectivity index (χ1v) is 5.02. The highest BCUT2D eigenvalue weighted by atomic mass is 16.5. The van der Waals surface area contributed by atoms with E-state index in [0.29, 0.717) is 11.3 Å². The topological polar surface area (TPSA) is 72.6 Å². The summed E-state index contributed by atoms with van der Waals surface area (Å²) in [4.78, 5) is 14.9. The Kier molecular flexibility index (Phi) is 3.09. The molecule has 0 saturated heterocycles. The second kappa shape index (κ2) is 4.69. The first kappa shape index (κ1) is 11.2. The molecule has 0 atom stereocenters. The Morgan fingerprint density at radius 2 is 2.35 bits per heavy atom. The average molecular weight is 233 g/mol. The lowest BCUT2D eigenvalue weighted by molar-refractivity contribution is 0.0658. The molecule has 0 unspecified atom stereocenters. The van der Waals surface area contributed by atoms with E-state index in [-0.39, 0.29) is 12.4 Å². The minimum atomic E-state index is -1.10. The van der Waals surface area contributed by atoms with Gasteiger partial charge in [0, 0.05) is 11.8 Å². The summed E-state index contributed by atoms with van der Waals surface area (Å²) in [5.41, 5.74) is 1.26. The lowest BCUT2D eigenvalue weighted by Gasteiger charge is -2.06. The van der Waals surface area contributed by atoms with Gasteiger partial charge in [-0.15, -0.1) is 0 Å². The van der Waals surface area contributed by atoms with Gasteiger partial charge in [-0.1, -0.05) is 0 Å². The second-order valence-electron chi connectivity index (χ2n) is 3.46. The summed E-state index contributed by atoms with van der Waals surface area (Å²) in [5, 5.41) is 8.84. The van der Waals surface area contributed by atoms with Crippen molar-refractivity contribution in [1.29, 1.82) is 0 Å². The fourth-order valence-electron chi connectivity index (χ4n) is 1.41. The molecule has 2 heterocycles. The standard InChI is InChI=1S/C12H11NO4/c1-8-10(3-2-5-13-8)17-7-9-4-6-16-11(9)12(14)15/h2-6H,7H2,1H3,(H,14,15). The van der Waals surface area contributed by atoms with Crippen LogP contribution in [0.15, 0.2) is 35.1 Å². The van der Waals surface area contributed by atoms with Gasteiger partial charge in [0.05, 0.1) is 12.0 Å². The molecule has 0 amide bonds. The maximum absolute atomic E-state index is 10.8. The van der Waals surface area contributed by atoms with Crippen molar-refractivity contribution < 1.29 is 19.1 Å². The van der Waals surface area contributed by atoms with Crippen LogP contribution >= 0.6 is 0 Å². The van der Waals surface area contributed by atoms with E-state index in [2.05, 4.69) is 4.98 Å². The summed E-state index contributed by atoms with van der Waals surface area (Å²) in [6, 6.07) is 5.12. The number of aryl methyl sites for hydroxylation is 1. The number of aromatic carboxylic acids is 1. The number of carbonyl (C=O) groups is 1. The highest BCUT2D eigenvalue weighted by molar-refractivity contribution is 5.86. The molecule has 2 aromatic heterocycles. The Hall–Kier alpha value is -2.30. The van der Waals surface area contributed by atoms with Crippen molar-refractivity contribution in [3.8, 4) is 5.75 Å². The SMILES string of the molecule is Cc1ncccc1OCc1ccoc1C(=O)O. The Labute approximate surface area is 97.7 Å². The number of furan rings is 1. The number of ether oxygens (including phenoxy) is 1. The molecule has 0 fully saturated rings. The van der Waals surface area contributed by atoms with Crippen molar-refractivity contribution in [3.63, 3.8) is 0 Å². The van der Waals surface area contributed by atoms with E-state index in [1.54, 1.807) is 24.4 Å². The molecule has 0 bridgehead atoms. The normalized spacial score (nSPS) is 10.2. The van der Waals surface area contributed by atoms with Gasteiger partial charge in [0.2, 0.25) is 5.76 Å². The minimum Gasteiger partial charge on any atom is -0.487 e. The van der Waals surface area contributed by atoms with E-state index in [1.807, 2.05) is 6.92 Å². The molecule has 2 rings (SSSR count). The van der Waals surface area contributed by atoms with Gasteiger partial charge in [0.1, 0.15) is 12.4 Å². The summed E-state index contributed by atoms with van der Waals surface area (Å²) in [7, 11) is 0. The van der Waals surface area contributed by atoms with Crippen LogP contribution in [0.5, 0.6) is 5.75 Å². The van der Waals surface area contributed by atoms with Gasteiger partial charge in [-0.05, 0) is 25.1 Å². The maximum atomic E-state index is 10.8. The molecule has 5 heteroatoms. The molecule has 0 aromatic carbocycles. The number of hydrogen-bond donors (Lipinski definition) is 1. The molecule has 0 aliphatic carbocycles. The average Bonchev–Trinajstić information content (AvgIpc) is 2.76. The highest BCUT2D eigenvalue weighted by Gasteiger charge is 2.14. The van der Waals surface area contributed by atoms with E-state index >= 15 is 0 Å². The van der Waals surface area contributed by atoms with Crippen molar-refractivity contribution in [2.24, 2.45) is 0 Å². The molecule has 0 spiro atoms. The molecule has 88 valence electrons. The van der Waals surface area contributed by atoms with Crippen LogP contribution in [0.25, 0.3) is 0 Å². The molecule has 0 aliphatic rings. The molecule has 0 aliphatic heterocycles. The van der Waals surface area contributed by atoms with E-state index < -0.39 is 5.97 Å². The predicted octanol–water partition coefficient (Wildman–Crippen LogP) is 2.26. The largest absolute Gasteiger partial charge is 0.487 e. The molecular formula is C12H11NO4. The quantitative estimate of drug-likeness (QED) is 0.876. The van der Waals surface area contributed by atoms with Crippen LogP contribution in [-0.2, 0) is 6.61 Å². The van der Waals surface area contributed by atoms with Crippen molar-refractivity contribution >= 4 is 5.97 Å². The number of nitrogens with zero attached hydrogens (tertiary/aromatic N) is 1. The Morgan fingerprint density at radius 3 is 3.06 bits per heavy atom. The molecule has 2 aromatic rings. The number of hydrogen-bond acceptors (Lipinski definition) is 4. The number of pyridine rings is 1. The lowest BCUT2D eigenvalue weighted by atomic mass is 10.2. The van der Waals surface area contributed by atoms with Crippen molar-refractivity contribution in [2.45, 2.75) is 13.5 Å². The zero-order chi connectivity index (χ0) is 12.3. The number of rotatable bonds is 4. The smallest absolute Gasteiger partial charge is 0.372 e. The van der Waals surface area contributed by atoms with Crippen molar-refractivity contribution in [1.82, 2.24) is 4.98 Å². The fraction of sp³-hybridized carbons (Fsp3) is 0.167. The third kappa shape index (κ3) is 2.44. The zero-order valence-corrected chi connectivity index (χ0v) is 9.21. The van der Waals surface area contributed by atoms with E-state index in [4.69, 9.17) is 14.3 Å². The first-order valence-electron chi connectivity index (χ1n) is 5.02. The molecular weight excluding hydrogens is 222 g/mol. The van der Waals surface area contributed by atoms with Gasteiger partial charge < -0.3 is 14.3 Å². The van der Waals surface area contributed by atoms with Crippen LogP contribution in [0.2, 0.25) is 0 Å². The van der Waals surface area contributed by atoms with Crippen LogP contribution in [0.3, 0.4) is 0 Å². The van der Waals surface area contributed by atoms with Gasteiger partial charge in [-0.25, -0.2) is 4.79 Å². The Balaban J connectivity index is 2.10. The van der Waals surface area contributed by atoms with Gasteiger partial charge >= 0.3 is 5.97 Å². The molecule has 1 N–H and O–H groups in total. The third-order valence-electron chi connectivity index (χ3n) is 2.28. The Bertz CT molecular complexity index is 533. The van der Waals surface area contributed by atoms with Crippen LogP contribution in [0.4, 0.5) is 0 Å². The van der Waals surface area contributed by atoms with E-state index in [9.17, 15) is 4.79 Å². The Morgan fingerprint density at radius 1 is 1.53 bits per heavy atom. The minimum absolute atomic E-state index is 0.0912. The van der Waals surface area contributed by atoms with Crippen LogP contribution in [0, 0.1) is 6.92 Å². The van der Waals surface area contributed by atoms with Crippen molar-refractivity contribution in [2.75, 3.05) is 0 Å². The molecule has 0 radical (unpaired) electrons. The second-order valence-corrected chi connectivity index (χ2v) is 3.46.